The first-order chi connectivity index (χ1) is 8.86. The molecule has 0 spiro atoms. The Labute approximate surface area is 112 Å². The zero-order valence-corrected chi connectivity index (χ0v) is 11.3. The number of urea groups is 1. The van der Waals surface area contributed by atoms with Gasteiger partial charge in [-0.25, -0.2) is 9.59 Å². The van der Waals surface area contributed by atoms with Crippen LogP contribution in [-0.4, -0.2) is 46.0 Å². The summed E-state index contributed by atoms with van der Waals surface area (Å²) in [6.07, 6.45) is 2.24. The quantitative estimate of drug-likeness (QED) is 0.666. The molecule has 1 fully saturated rings. The number of carboxylic acid groups (broad SMARTS) is 1. The van der Waals surface area contributed by atoms with Crippen molar-refractivity contribution < 1.29 is 19.5 Å². The zero-order valence-electron chi connectivity index (χ0n) is 11.3. The van der Waals surface area contributed by atoms with E-state index in [1.54, 1.807) is 4.90 Å². The van der Waals surface area contributed by atoms with E-state index in [4.69, 9.17) is 10.8 Å². The van der Waals surface area contributed by atoms with Gasteiger partial charge in [-0.05, 0) is 26.2 Å². The van der Waals surface area contributed by atoms with Crippen molar-refractivity contribution in [2.24, 2.45) is 5.73 Å². The molecular weight excluding hydrogens is 250 g/mol. The topological polar surface area (TPSA) is 113 Å². The van der Waals surface area contributed by atoms with Crippen LogP contribution in [0.5, 0.6) is 0 Å². The van der Waals surface area contributed by atoms with Crippen molar-refractivity contribution in [2.75, 3.05) is 0 Å². The molecule has 0 saturated carbocycles. The van der Waals surface area contributed by atoms with Crippen LogP contribution in [0.2, 0.25) is 0 Å². The number of aliphatic carboxylic acids is 1. The average molecular weight is 271 g/mol. The first-order valence-corrected chi connectivity index (χ1v) is 6.46. The molecule has 1 heterocycles. The van der Waals surface area contributed by atoms with Crippen LogP contribution in [0.1, 0.15) is 39.5 Å². The Morgan fingerprint density at radius 1 is 1.42 bits per heavy atom. The lowest BCUT2D eigenvalue weighted by atomic mass is 10.1. The van der Waals surface area contributed by atoms with Crippen molar-refractivity contribution in [3.8, 4) is 0 Å². The lowest BCUT2D eigenvalue weighted by Gasteiger charge is -2.29. The maximum Gasteiger partial charge on any atom is 0.326 e. The third-order valence-electron chi connectivity index (χ3n) is 3.49. The number of hydrogen-bond acceptors (Lipinski definition) is 3. The van der Waals surface area contributed by atoms with Gasteiger partial charge in [0.1, 0.15) is 6.04 Å². The van der Waals surface area contributed by atoms with E-state index in [-0.39, 0.29) is 12.1 Å². The number of nitrogens with one attached hydrogen (secondary N) is 1. The number of carbonyl (C=O) groups excluding carboxylic acids is 2. The van der Waals surface area contributed by atoms with Crippen molar-refractivity contribution >= 4 is 17.9 Å². The first-order valence-electron chi connectivity index (χ1n) is 6.46. The fourth-order valence-electron chi connectivity index (χ4n) is 2.46. The predicted octanol–water partition coefficient (Wildman–Crippen LogP) is 0.288. The zero-order chi connectivity index (χ0) is 14.6. The summed E-state index contributed by atoms with van der Waals surface area (Å²) in [5.74, 6) is -2.01. The Hall–Kier alpha value is -1.79. The van der Waals surface area contributed by atoms with Gasteiger partial charge < -0.3 is 21.1 Å². The number of primary amides is 1. The molecule has 1 aliphatic heterocycles. The molecule has 7 heteroatoms. The maximum atomic E-state index is 12.1. The van der Waals surface area contributed by atoms with Crippen LogP contribution in [0.15, 0.2) is 0 Å². The molecule has 0 radical (unpaired) electrons. The summed E-state index contributed by atoms with van der Waals surface area (Å²) in [6.45, 7) is 3.92. The second kappa shape index (κ2) is 6.40. The summed E-state index contributed by atoms with van der Waals surface area (Å²) in [5.41, 5.74) is 4.97. The summed E-state index contributed by atoms with van der Waals surface area (Å²) < 4.78 is 0. The number of likely N-dealkylation sites (tertiary alicyclic amines) is 1. The van der Waals surface area contributed by atoms with Crippen LogP contribution in [-0.2, 0) is 9.59 Å². The number of rotatable bonds is 5. The van der Waals surface area contributed by atoms with E-state index in [1.807, 2.05) is 13.8 Å². The highest BCUT2D eigenvalue weighted by atomic mass is 16.4. The smallest absolute Gasteiger partial charge is 0.326 e. The molecule has 4 N–H and O–H groups in total. The minimum Gasteiger partial charge on any atom is -0.480 e. The minimum absolute atomic E-state index is 0.0768. The lowest BCUT2D eigenvalue weighted by molar-refractivity contribution is -0.141. The summed E-state index contributed by atoms with van der Waals surface area (Å²) in [5, 5.41) is 11.3. The SMILES string of the molecule is CCC1CCC(C)N1C(=O)NC(CC(N)=O)C(=O)O. The Kier molecular flexibility index (Phi) is 5.14. The molecule has 3 unspecified atom stereocenters. The molecular formula is C12H21N3O4. The van der Waals surface area contributed by atoms with E-state index in [0.29, 0.717) is 0 Å². The molecule has 3 amide bonds. The maximum absolute atomic E-state index is 12.1. The molecule has 1 saturated heterocycles. The second-order valence-corrected chi connectivity index (χ2v) is 4.91. The van der Waals surface area contributed by atoms with Crippen LogP contribution < -0.4 is 11.1 Å². The van der Waals surface area contributed by atoms with Gasteiger partial charge in [0.05, 0.1) is 6.42 Å². The average Bonchev–Trinajstić information content (AvgIpc) is 2.68. The van der Waals surface area contributed by atoms with Crippen molar-refractivity contribution in [1.29, 1.82) is 0 Å². The molecule has 19 heavy (non-hydrogen) atoms. The molecule has 0 aromatic carbocycles. The number of nitrogens with two attached hydrogens (primary N) is 1. The van der Waals surface area contributed by atoms with E-state index in [1.165, 1.54) is 0 Å². The van der Waals surface area contributed by atoms with Crippen LogP contribution in [0.3, 0.4) is 0 Å². The standard InChI is InChI=1S/C12H21N3O4/c1-3-8-5-4-7(2)15(8)12(19)14-9(11(17)18)6-10(13)16/h7-9H,3-6H2,1-2H3,(H2,13,16)(H,14,19)(H,17,18). The van der Waals surface area contributed by atoms with E-state index in [0.717, 1.165) is 19.3 Å². The molecule has 0 bridgehead atoms. The summed E-state index contributed by atoms with van der Waals surface area (Å²) >= 11 is 0. The molecule has 0 aliphatic carbocycles. The Bertz CT molecular complexity index is 372. The molecule has 108 valence electrons. The first kappa shape index (κ1) is 15.3. The van der Waals surface area contributed by atoms with Gasteiger partial charge in [0.25, 0.3) is 0 Å². The Morgan fingerprint density at radius 3 is 2.53 bits per heavy atom. The van der Waals surface area contributed by atoms with Gasteiger partial charge >= 0.3 is 12.0 Å². The van der Waals surface area contributed by atoms with Gasteiger partial charge in [-0.15, -0.1) is 0 Å². The number of hydrogen-bond donors (Lipinski definition) is 3. The largest absolute Gasteiger partial charge is 0.480 e. The molecule has 3 atom stereocenters. The highest BCUT2D eigenvalue weighted by molar-refractivity contribution is 5.87. The van der Waals surface area contributed by atoms with Crippen LogP contribution in [0.4, 0.5) is 4.79 Å². The van der Waals surface area contributed by atoms with Crippen LogP contribution >= 0.6 is 0 Å². The minimum atomic E-state index is -1.27. The van der Waals surface area contributed by atoms with Gasteiger partial charge in [0, 0.05) is 12.1 Å². The van der Waals surface area contributed by atoms with E-state index in [9.17, 15) is 14.4 Å². The normalized spacial score (nSPS) is 24.0. The van der Waals surface area contributed by atoms with Crippen molar-refractivity contribution in [2.45, 2.75) is 57.7 Å². The summed E-state index contributed by atoms with van der Waals surface area (Å²) in [6, 6.07) is -1.51. The van der Waals surface area contributed by atoms with Crippen molar-refractivity contribution in [3.63, 3.8) is 0 Å². The monoisotopic (exact) mass is 271 g/mol. The van der Waals surface area contributed by atoms with E-state index >= 15 is 0 Å². The number of carboxylic acids is 1. The number of nitrogens with zero attached hydrogens (tertiary/aromatic N) is 1. The van der Waals surface area contributed by atoms with E-state index in [2.05, 4.69) is 5.32 Å². The van der Waals surface area contributed by atoms with Crippen LogP contribution in [0.25, 0.3) is 0 Å². The van der Waals surface area contributed by atoms with Crippen LogP contribution in [0, 0.1) is 0 Å². The Balaban J connectivity index is 2.70. The Morgan fingerprint density at radius 2 is 2.05 bits per heavy atom. The fraction of sp³-hybridized carbons (Fsp3) is 0.750. The van der Waals surface area contributed by atoms with Crippen molar-refractivity contribution in [1.82, 2.24) is 10.2 Å². The number of carbonyl (C=O) groups is 3. The van der Waals surface area contributed by atoms with Crippen molar-refractivity contribution in [3.05, 3.63) is 0 Å². The lowest BCUT2D eigenvalue weighted by Crippen LogP contribution is -2.52. The number of amides is 3. The summed E-state index contributed by atoms with van der Waals surface area (Å²) in [4.78, 5) is 35.6. The van der Waals surface area contributed by atoms with Gasteiger partial charge in [0.15, 0.2) is 0 Å². The van der Waals surface area contributed by atoms with E-state index < -0.39 is 30.4 Å². The molecule has 1 rings (SSSR count). The molecule has 7 nitrogen and oxygen atoms in total. The highest BCUT2D eigenvalue weighted by Gasteiger charge is 2.35. The van der Waals surface area contributed by atoms with Gasteiger partial charge in [-0.3, -0.25) is 4.79 Å². The molecule has 0 aromatic rings. The molecule has 1 aliphatic rings. The third kappa shape index (κ3) is 3.84. The fourth-order valence-corrected chi connectivity index (χ4v) is 2.46. The molecule has 0 aromatic heterocycles. The predicted molar refractivity (Wildman–Crippen MR) is 68.4 cm³/mol. The second-order valence-electron chi connectivity index (χ2n) is 4.91. The summed E-state index contributed by atoms with van der Waals surface area (Å²) in [7, 11) is 0. The van der Waals surface area contributed by atoms with Gasteiger partial charge in [-0.2, -0.15) is 0 Å². The van der Waals surface area contributed by atoms with Gasteiger partial charge in [0.2, 0.25) is 5.91 Å². The third-order valence-corrected chi connectivity index (χ3v) is 3.49. The van der Waals surface area contributed by atoms with Gasteiger partial charge in [-0.1, -0.05) is 6.92 Å². The highest BCUT2D eigenvalue weighted by Crippen LogP contribution is 2.25.